The van der Waals surface area contributed by atoms with Gasteiger partial charge in [0.05, 0.1) is 0 Å². The third-order valence-electron chi connectivity index (χ3n) is 4.51. The van der Waals surface area contributed by atoms with E-state index in [9.17, 15) is 0 Å². The molecule has 1 fully saturated rings. The predicted octanol–water partition coefficient (Wildman–Crippen LogP) is 3.69. The zero-order valence-corrected chi connectivity index (χ0v) is 11.6. The van der Waals surface area contributed by atoms with Crippen molar-refractivity contribution in [3.8, 4) is 0 Å². The summed E-state index contributed by atoms with van der Waals surface area (Å²) in [5.41, 5.74) is 8.76. The molecule has 0 unspecified atom stereocenters. The Bertz CT molecular complexity index is 579. The molecule has 3 N–H and O–H groups in total. The highest BCUT2D eigenvalue weighted by molar-refractivity contribution is 5.86. The van der Waals surface area contributed by atoms with E-state index in [0.717, 1.165) is 13.1 Å². The maximum atomic E-state index is 5.90. The molecule has 2 heteroatoms. The first kappa shape index (κ1) is 12.5. The Hall–Kier alpha value is -1.54. The van der Waals surface area contributed by atoms with E-state index in [0.29, 0.717) is 5.41 Å². The van der Waals surface area contributed by atoms with E-state index in [2.05, 4.69) is 48.6 Å². The van der Waals surface area contributed by atoms with Crippen molar-refractivity contribution in [1.82, 2.24) is 0 Å². The highest BCUT2D eigenvalue weighted by atomic mass is 14.9. The molecule has 0 spiro atoms. The summed E-state index contributed by atoms with van der Waals surface area (Å²) < 4.78 is 0. The van der Waals surface area contributed by atoms with Gasteiger partial charge in [0.2, 0.25) is 0 Å². The molecule has 0 heterocycles. The number of nitrogens with two attached hydrogens (primary N) is 1. The van der Waals surface area contributed by atoms with Crippen LogP contribution in [-0.4, -0.2) is 13.1 Å². The number of hydrogen-bond acceptors (Lipinski definition) is 2. The van der Waals surface area contributed by atoms with Crippen molar-refractivity contribution in [2.24, 2.45) is 11.1 Å². The van der Waals surface area contributed by atoms with E-state index >= 15 is 0 Å². The van der Waals surface area contributed by atoms with Crippen LogP contribution in [0, 0.1) is 12.3 Å². The first-order valence-corrected chi connectivity index (χ1v) is 7.15. The molecule has 0 saturated heterocycles. The Morgan fingerprint density at radius 1 is 1.11 bits per heavy atom. The number of rotatable bonds is 4. The Morgan fingerprint density at radius 2 is 1.84 bits per heavy atom. The lowest BCUT2D eigenvalue weighted by Crippen LogP contribution is -2.42. The van der Waals surface area contributed by atoms with Gasteiger partial charge in [0.25, 0.3) is 0 Å². The quantitative estimate of drug-likeness (QED) is 0.873. The first-order chi connectivity index (χ1) is 9.21. The zero-order chi connectivity index (χ0) is 13.3. The molecule has 3 rings (SSSR count). The van der Waals surface area contributed by atoms with Gasteiger partial charge in [0, 0.05) is 12.2 Å². The molecular formula is C17H22N2. The number of anilines is 1. The minimum atomic E-state index is 0.349. The van der Waals surface area contributed by atoms with E-state index in [1.54, 1.807) is 0 Å². The molecule has 2 aromatic carbocycles. The molecule has 1 aliphatic rings. The van der Waals surface area contributed by atoms with Crippen LogP contribution in [-0.2, 0) is 0 Å². The molecule has 0 atom stereocenters. The number of nitrogens with one attached hydrogen (secondary N) is 1. The molecule has 0 radical (unpaired) electrons. The lowest BCUT2D eigenvalue weighted by Gasteiger charge is -2.41. The Morgan fingerprint density at radius 3 is 2.53 bits per heavy atom. The summed E-state index contributed by atoms with van der Waals surface area (Å²) in [4.78, 5) is 0. The van der Waals surface area contributed by atoms with Gasteiger partial charge in [-0.25, -0.2) is 0 Å². The minimum absolute atomic E-state index is 0.349. The molecular weight excluding hydrogens is 232 g/mol. The summed E-state index contributed by atoms with van der Waals surface area (Å²) in [5, 5.41) is 6.17. The third kappa shape index (κ3) is 2.45. The largest absolute Gasteiger partial charge is 0.384 e. The standard InChI is InChI=1S/C17H22N2/c1-13-3-4-15-10-16(6-5-14(15)9-13)19-12-17(11-18)7-2-8-17/h3-6,9-10,19H,2,7-8,11-12,18H2,1H3. The smallest absolute Gasteiger partial charge is 0.0346 e. The molecule has 19 heavy (non-hydrogen) atoms. The fraction of sp³-hybridized carbons (Fsp3) is 0.412. The Balaban J connectivity index is 1.76. The summed E-state index contributed by atoms with van der Waals surface area (Å²) in [6, 6.07) is 13.2. The van der Waals surface area contributed by atoms with Crippen molar-refractivity contribution in [2.45, 2.75) is 26.2 Å². The first-order valence-electron chi connectivity index (χ1n) is 7.15. The second kappa shape index (κ2) is 4.86. The maximum Gasteiger partial charge on any atom is 0.0346 e. The summed E-state index contributed by atoms with van der Waals surface area (Å²) in [5.74, 6) is 0. The Labute approximate surface area is 115 Å². The van der Waals surface area contributed by atoms with Gasteiger partial charge < -0.3 is 11.1 Å². The van der Waals surface area contributed by atoms with Crippen LogP contribution in [0.1, 0.15) is 24.8 Å². The van der Waals surface area contributed by atoms with Crippen LogP contribution in [0.15, 0.2) is 36.4 Å². The topological polar surface area (TPSA) is 38.0 Å². The summed E-state index contributed by atoms with van der Waals surface area (Å²) in [7, 11) is 0. The number of benzene rings is 2. The van der Waals surface area contributed by atoms with E-state index in [4.69, 9.17) is 5.73 Å². The fourth-order valence-corrected chi connectivity index (χ4v) is 2.89. The van der Waals surface area contributed by atoms with Gasteiger partial charge in [-0.1, -0.05) is 36.2 Å². The highest BCUT2D eigenvalue weighted by Crippen LogP contribution is 2.39. The normalized spacial score (nSPS) is 17.2. The van der Waals surface area contributed by atoms with Crippen LogP contribution in [0.3, 0.4) is 0 Å². The molecule has 0 amide bonds. The number of hydrogen-bond donors (Lipinski definition) is 2. The van der Waals surface area contributed by atoms with E-state index < -0.39 is 0 Å². The molecule has 2 aromatic rings. The second-order valence-corrected chi connectivity index (χ2v) is 5.98. The number of aryl methyl sites for hydroxylation is 1. The highest BCUT2D eigenvalue weighted by Gasteiger charge is 2.35. The summed E-state index contributed by atoms with van der Waals surface area (Å²) in [6.45, 7) is 3.93. The molecule has 0 aliphatic heterocycles. The molecule has 2 nitrogen and oxygen atoms in total. The molecule has 100 valence electrons. The zero-order valence-electron chi connectivity index (χ0n) is 11.6. The van der Waals surface area contributed by atoms with Gasteiger partial charge in [-0.15, -0.1) is 0 Å². The minimum Gasteiger partial charge on any atom is -0.384 e. The summed E-state index contributed by atoms with van der Waals surface area (Å²) >= 11 is 0. The van der Waals surface area contributed by atoms with Gasteiger partial charge in [-0.05, 0) is 54.6 Å². The van der Waals surface area contributed by atoms with Crippen LogP contribution < -0.4 is 11.1 Å². The molecule has 0 aromatic heterocycles. The van der Waals surface area contributed by atoms with Gasteiger partial charge >= 0.3 is 0 Å². The van der Waals surface area contributed by atoms with Gasteiger partial charge in [-0.3, -0.25) is 0 Å². The van der Waals surface area contributed by atoms with Crippen LogP contribution in [0.4, 0.5) is 5.69 Å². The lowest BCUT2D eigenvalue weighted by molar-refractivity contribution is 0.163. The van der Waals surface area contributed by atoms with E-state index in [1.807, 2.05) is 0 Å². The predicted molar refractivity (Wildman–Crippen MR) is 82.5 cm³/mol. The van der Waals surface area contributed by atoms with Gasteiger partial charge in [-0.2, -0.15) is 0 Å². The fourth-order valence-electron chi connectivity index (χ4n) is 2.89. The molecule has 1 saturated carbocycles. The van der Waals surface area contributed by atoms with Crippen molar-refractivity contribution in [3.05, 3.63) is 42.0 Å². The molecule has 0 bridgehead atoms. The van der Waals surface area contributed by atoms with Crippen LogP contribution in [0.2, 0.25) is 0 Å². The maximum absolute atomic E-state index is 5.90. The number of fused-ring (bicyclic) bond motifs is 1. The van der Waals surface area contributed by atoms with Crippen LogP contribution in [0.25, 0.3) is 10.8 Å². The van der Waals surface area contributed by atoms with Crippen molar-refractivity contribution < 1.29 is 0 Å². The van der Waals surface area contributed by atoms with E-state index in [1.165, 1.54) is 41.3 Å². The van der Waals surface area contributed by atoms with Crippen molar-refractivity contribution in [2.75, 3.05) is 18.4 Å². The van der Waals surface area contributed by atoms with Gasteiger partial charge in [0.1, 0.15) is 0 Å². The average molecular weight is 254 g/mol. The Kier molecular flexibility index (Phi) is 3.19. The van der Waals surface area contributed by atoms with Gasteiger partial charge in [0.15, 0.2) is 0 Å². The van der Waals surface area contributed by atoms with Crippen LogP contribution in [0.5, 0.6) is 0 Å². The third-order valence-corrected chi connectivity index (χ3v) is 4.51. The summed E-state index contributed by atoms with van der Waals surface area (Å²) in [6.07, 6.45) is 3.86. The average Bonchev–Trinajstić information content (AvgIpc) is 2.38. The monoisotopic (exact) mass is 254 g/mol. The molecule has 1 aliphatic carbocycles. The van der Waals surface area contributed by atoms with Crippen molar-refractivity contribution in [3.63, 3.8) is 0 Å². The lowest BCUT2D eigenvalue weighted by atomic mass is 9.69. The van der Waals surface area contributed by atoms with Crippen LogP contribution >= 0.6 is 0 Å². The van der Waals surface area contributed by atoms with Crippen molar-refractivity contribution in [1.29, 1.82) is 0 Å². The van der Waals surface area contributed by atoms with E-state index in [-0.39, 0.29) is 0 Å². The van der Waals surface area contributed by atoms with Crippen molar-refractivity contribution >= 4 is 16.5 Å². The second-order valence-electron chi connectivity index (χ2n) is 5.98. The SMILES string of the molecule is Cc1ccc2cc(NCC3(CN)CCC3)ccc2c1.